The van der Waals surface area contributed by atoms with Gasteiger partial charge in [-0.2, -0.15) is 0 Å². The molecule has 1 aromatic heterocycles. The van der Waals surface area contributed by atoms with Gasteiger partial charge >= 0.3 is 0 Å². The predicted molar refractivity (Wildman–Crippen MR) is 89.8 cm³/mol. The van der Waals surface area contributed by atoms with E-state index >= 15 is 0 Å². The molecule has 2 aromatic rings. The molecule has 1 heterocycles. The molecule has 1 atom stereocenters. The Morgan fingerprint density at radius 1 is 1.27 bits per heavy atom. The molecule has 118 valence electrons. The lowest BCUT2D eigenvalue weighted by atomic mass is 10.1. The topological polar surface area (TPSA) is 70.7 Å². The van der Waals surface area contributed by atoms with Crippen molar-refractivity contribution in [2.75, 3.05) is 0 Å². The molecule has 0 bridgehead atoms. The molecule has 6 heteroatoms. The average molecular weight is 318 g/mol. The number of nitrogens with zero attached hydrogens (tertiary/aromatic N) is 2. The molecule has 1 amide bonds. The van der Waals surface area contributed by atoms with Gasteiger partial charge in [0.25, 0.3) is 0 Å². The fourth-order valence-corrected chi connectivity index (χ4v) is 2.55. The summed E-state index contributed by atoms with van der Waals surface area (Å²) < 4.78 is 0. The van der Waals surface area contributed by atoms with Crippen LogP contribution in [0.1, 0.15) is 33.3 Å². The van der Waals surface area contributed by atoms with Crippen LogP contribution < -0.4 is 5.32 Å². The van der Waals surface area contributed by atoms with E-state index in [1.54, 1.807) is 0 Å². The standard InChI is InChI=1S/C16H22N4OS/c1-10-6-8-12(9-7-10)13-17-15(20-19-13)22-11(2)14(21)18-16(3,4)5/h6-9,11H,1-5H3,(H,18,21)(H,17,19,20). The highest BCUT2D eigenvalue weighted by molar-refractivity contribution is 8.00. The lowest BCUT2D eigenvalue weighted by Gasteiger charge is -2.22. The molecule has 5 nitrogen and oxygen atoms in total. The van der Waals surface area contributed by atoms with E-state index in [2.05, 4.69) is 20.5 Å². The van der Waals surface area contributed by atoms with Gasteiger partial charge in [-0.25, -0.2) is 4.98 Å². The van der Waals surface area contributed by atoms with Crippen LogP contribution in [0, 0.1) is 6.92 Å². The Kier molecular flexibility index (Phi) is 4.90. The van der Waals surface area contributed by atoms with E-state index in [-0.39, 0.29) is 16.7 Å². The van der Waals surface area contributed by atoms with Crippen molar-refractivity contribution in [1.29, 1.82) is 0 Å². The molecule has 0 spiro atoms. The zero-order chi connectivity index (χ0) is 16.3. The van der Waals surface area contributed by atoms with E-state index in [1.807, 2.05) is 58.9 Å². The van der Waals surface area contributed by atoms with Crippen LogP contribution in [0.2, 0.25) is 0 Å². The lowest BCUT2D eigenvalue weighted by Crippen LogP contribution is -2.44. The van der Waals surface area contributed by atoms with Crippen molar-refractivity contribution in [3.05, 3.63) is 29.8 Å². The van der Waals surface area contributed by atoms with Crippen LogP contribution >= 0.6 is 11.8 Å². The summed E-state index contributed by atoms with van der Waals surface area (Å²) in [4.78, 5) is 16.5. The highest BCUT2D eigenvalue weighted by Crippen LogP contribution is 2.23. The molecule has 0 saturated heterocycles. The van der Waals surface area contributed by atoms with E-state index in [4.69, 9.17) is 0 Å². The van der Waals surface area contributed by atoms with Crippen LogP contribution in [0.25, 0.3) is 11.4 Å². The van der Waals surface area contributed by atoms with Crippen molar-refractivity contribution in [2.45, 2.75) is 50.6 Å². The molecular weight excluding hydrogens is 296 g/mol. The maximum absolute atomic E-state index is 12.1. The van der Waals surface area contributed by atoms with Crippen LogP contribution in [-0.4, -0.2) is 31.9 Å². The average Bonchev–Trinajstić information content (AvgIpc) is 2.86. The summed E-state index contributed by atoms with van der Waals surface area (Å²) in [6, 6.07) is 8.06. The second kappa shape index (κ2) is 6.52. The molecule has 2 N–H and O–H groups in total. The molecule has 22 heavy (non-hydrogen) atoms. The van der Waals surface area contributed by atoms with Gasteiger partial charge in [0.15, 0.2) is 5.82 Å². The summed E-state index contributed by atoms with van der Waals surface area (Å²) in [5, 5.41) is 10.4. The van der Waals surface area contributed by atoms with E-state index in [0.717, 1.165) is 5.56 Å². The van der Waals surface area contributed by atoms with E-state index < -0.39 is 0 Å². The second-order valence-corrected chi connectivity index (χ2v) is 7.64. The Balaban J connectivity index is 2.03. The third-order valence-electron chi connectivity index (χ3n) is 2.94. The van der Waals surface area contributed by atoms with Crippen molar-refractivity contribution in [2.24, 2.45) is 0 Å². The summed E-state index contributed by atoms with van der Waals surface area (Å²) in [6.07, 6.45) is 0. The number of hydrogen-bond acceptors (Lipinski definition) is 4. The third-order valence-corrected chi connectivity index (χ3v) is 3.90. The number of rotatable bonds is 4. The number of hydrogen-bond donors (Lipinski definition) is 2. The quantitative estimate of drug-likeness (QED) is 0.849. The fraction of sp³-hybridized carbons (Fsp3) is 0.438. The number of aryl methyl sites for hydroxylation is 1. The monoisotopic (exact) mass is 318 g/mol. The Bertz CT molecular complexity index is 643. The Morgan fingerprint density at radius 3 is 2.50 bits per heavy atom. The van der Waals surface area contributed by atoms with Gasteiger partial charge in [-0.1, -0.05) is 41.6 Å². The Morgan fingerprint density at radius 2 is 1.91 bits per heavy atom. The number of thioether (sulfide) groups is 1. The van der Waals surface area contributed by atoms with E-state index in [1.165, 1.54) is 17.3 Å². The number of carbonyl (C=O) groups excluding carboxylic acids is 1. The molecule has 2 rings (SSSR count). The molecule has 0 aliphatic rings. The summed E-state index contributed by atoms with van der Waals surface area (Å²) in [6.45, 7) is 9.79. The number of nitrogens with one attached hydrogen (secondary N) is 2. The van der Waals surface area contributed by atoms with Gasteiger partial charge in [0.05, 0.1) is 5.25 Å². The van der Waals surface area contributed by atoms with Crippen LogP contribution in [0.4, 0.5) is 0 Å². The Labute approximate surface area is 135 Å². The largest absolute Gasteiger partial charge is 0.351 e. The highest BCUT2D eigenvalue weighted by Gasteiger charge is 2.21. The summed E-state index contributed by atoms with van der Waals surface area (Å²) in [5.74, 6) is 0.699. The lowest BCUT2D eigenvalue weighted by molar-refractivity contribution is -0.121. The van der Waals surface area contributed by atoms with Crippen LogP contribution in [0.5, 0.6) is 0 Å². The van der Waals surface area contributed by atoms with Crippen molar-refractivity contribution in [1.82, 2.24) is 20.5 Å². The van der Waals surface area contributed by atoms with Gasteiger partial charge in [0.1, 0.15) is 0 Å². The number of carbonyl (C=O) groups is 1. The SMILES string of the molecule is Cc1ccc(-c2nc(SC(C)C(=O)NC(C)(C)C)n[nH]2)cc1. The second-order valence-electron chi connectivity index (χ2n) is 6.33. The molecule has 0 radical (unpaired) electrons. The first kappa shape index (κ1) is 16.5. The molecule has 1 aromatic carbocycles. The van der Waals surface area contributed by atoms with Gasteiger partial charge < -0.3 is 5.32 Å². The molecule has 0 fully saturated rings. The molecule has 1 unspecified atom stereocenters. The number of aromatic nitrogens is 3. The smallest absolute Gasteiger partial charge is 0.233 e. The first-order valence-electron chi connectivity index (χ1n) is 7.23. The van der Waals surface area contributed by atoms with Crippen LogP contribution in [0.15, 0.2) is 29.4 Å². The highest BCUT2D eigenvalue weighted by atomic mass is 32.2. The van der Waals surface area contributed by atoms with Crippen molar-refractivity contribution < 1.29 is 4.79 Å². The summed E-state index contributed by atoms with van der Waals surface area (Å²) in [5.41, 5.74) is 1.94. The number of amides is 1. The molecule has 0 aliphatic carbocycles. The minimum atomic E-state index is -0.249. The molecular formula is C16H22N4OS. The maximum Gasteiger partial charge on any atom is 0.233 e. The van der Waals surface area contributed by atoms with Gasteiger partial charge in [0.2, 0.25) is 11.1 Å². The van der Waals surface area contributed by atoms with Crippen LogP contribution in [-0.2, 0) is 4.79 Å². The maximum atomic E-state index is 12.1. The number of H-pyrrole nitrogens is 1. The van der Waals surface area contributed by atoms with Crippen molar-refractivity contribution >= 4 is 17.7 Å². The number of benzene rings is 1. The van der Waals surface area contributed by atoms with Gasteiger partial charge in [-0.3, -0.25) is 9.89 Å². The summed E-state index contributed by atoms with van der Waals surface area (Å²) in [7, 11) is 0. The molecule has 0 saturated carbocycles. The van der Waals surface area contributed by atoms with E-state index in [0.29, 0.717) is 11.0 Å². The zero-order valence-corrected chi connectivity index (χ0v) is 14.4. The molecule has 0 aliphatic heterocycles. The van der Waals surface area contributed by atoms with Gasteiger partial charge in [-0.15, -0.1) is 5.10 Å². The summed E-state index contributed by atoms with van der Waals surface area (Å²) >= 11 is 1.35. The van der Waals surface area contributed by atoms with Crippen molar-refractivity contribution in [3.8, 4) is 11.4 Å². The van der Waals surface area contributed by atoms with Gasteiger partial charge in [-0.05, 0) is 34.6 Å². The number of aromatic amines is 1. The Hall–Kier alpha value is -1.82. The van der Waals surface area contributed by atoms with Crippen molar-refractivity contribution in [3.63, 3.8) is 0 Å². The normalized spacial score (nSPS) is 13.0. The van der Waals surface area contributed by atoms with Crippen LogP contribution in [0.3, 0.4) is 0 Å². The minimum absolute atomic E-state index is 0.0146. The third kappa shape index (κ3) is 4.59. The first-order chi connectivity index (χ1) is 10.2. The van der Waals surface area contributed by atoms with Gasteiger partial charge in [0, 0.05) is 11.1 Å². The fourth-order valence-electron chi connectivity index (χ4n) is 1.82. The predicted octanol–water partition coefficient (Wildman–Crippen LogP) is 3.18. The minimum Gasteiger partial charge on any atom is -0.351 e. The van der Waals surface area contributed by atoms with E-state index in [9.17, 15) is 4.79 Å². The first-order valence-corrected chi connectivity index (χ1v) is 8.11. The zero-order valence-electron chi connectivity index (χ0n) is 13.6.